The van der Waals surface area contributed by atoms with Crippen LogP contribution >= 0.6 is 0 Å². The maximum Gasteiger partial charge on any atom is 0.669 e. The largest absolute Gasteiger partial charge is 0.669 e. The first kappa shape index (κ1) is 14.2. The Morgan fingerprint density at radius 2 is 1.29 bits per heavy atom. The molecule has 0 aromatic carbocycles. The van der Waals surface area contributed by atoms with Gasteiger partial charge in [-0.15, -0.1) is 0 Å². The molecule has 0 amide bonds. The zero-order chi connectivity index (χ0) is 11.2. The van der Waals surface area contributed by atoms with E-state index in [-0.39, 0.29) is 0 Å². The summed E-state index contributed by atoms with van der Waals surface area (Å²) in [6.07, 6.45) is 0. The van der Waals surface area contributed by atoms with Crippen LogP contribution < -0.4 is 0 Å². The summed E-state index contributed by atoms with van der Waals surface area (Å²) in [4.78, 5) is 0. The van der Waals surface area contributed by atoms with Crippen molar-refractivity contribution in [3.63, 3.8) is 0 Å². The molecule has 0 N–H and O–H groups in total. The van der Waals surface area contributed by atoms with Gasteiger partial charge in [0.2, 0.25) is 0 Å². The van der Waals surface area contributed by atoms with Crippen LogP contribution in [0.2, 0.25) is 12.6 Å². The van der Waals surface area contributed by atoms with E-state index in [1.54, 1.807) is 7.11 Å². The Labute approximate surface area is 88.0 Å². The van der Waals surface area contributed by atoms with Gasteiger partial charge in [-0.25, -0.2) is 0 Å². The van der Waals surface area contributed by atoms with Gasteiger partial charge in [0, 0.05) is 28.4 Å². The van der Waals surface area contributed by atoms with E-state index in [9.17, 15) is 0 Å². The second-order valence-electron chi connectivity index (χ2n) is 2.91. The highest BCUT2D eigenvalue weighted by Gasteiger charge is 2.49. The van der Waals surface area contributed by atoms with E-state index in [4.69, 9.17) is 21.8 Å². The van der Waals surface area contributed by atoms with E-state index >= 15 is 0 Å². The van der Waals surface area contributed by atoms with Crippen molar-refractivity contribution in [1.29, 1.82) is 0 Å². The molecule has 0 aliphatic heterocycles. The Bertz CT molecular complexity index is 150. The Balaban J connectivity index is 4.56. The molecule has 0 aromatic heterocycles. The van der Waals surface area contributed by atoms with E-state index < -0.39 is 17.6 Å². The molecule has 86 valence electrons. The van der Waals surface area contributed by atoms with Crippen LogP contribution in [0.15, 0.2) is 0 Å². The molecule has 1 atom stereocenters. The molecule has 0 saturated carbocycles. The Kier molecular flexibility index (Phi) is 6.06. The molecule has 0 aliphatic rings. The maximum absolute atomic E-state index is 5.76. The van der Waals surface area contributed by atoms with Crippen LogP contribution in [-0.2, 0) is 21.8 Å². The van der Waals surface area contributed by atoms with E-state index in [0.717, 1.165) is 6.04 Å². The average Bonchev–Trinajstić information content (AvgIpc) is 2.26. The van der Waals surface area contributed by atoms with Gasteiger partial charge in [0.05, 0.1) is 0 Å². The van der Waals surface area contributed by atoms with Crippen molar-refractivity contribution < 1.29 is 21.8 Å². The smallest absolute Gasteiger partial charge is 0.398 e. The fourth-order valence-electron chi connectivity index (χ4n) is 0.898. The van der Waals surface area contributed by atoms with Crippen LogP contribution in [0.5, 0.6) is 0 Å². The van der Waals surface area contributed by atoms with Gasteiger partial charge >= 0.3 is 17.6 Å². The molecule has 0 fully saturated rings. The average molecular weight is 240 g/mol. The molecule has 0 aliphatic carbocycles. The second kappa shape index (κ2) is 5.96. The van der Waals surface area contributed by atoms with Gasteiger partial charge < -0.3 is 21.8 Å². The van der Waals surface area contributed by atoms with Crippen molar-refractivity contribution in [1.82, 2.24) is 0 Å². The van der Waals surface area contributed by atoms with Gasteiger partial charge in [-0.05, 0) is 12.6 Å². The van der Waals surface area contributed by atoms with E-state index in [1.807, 2.05) is 13.5 Å². The summed E-state index contributed by atoms with van der Waals surface area (Å²) in [5.74, 6) is 0. The summed E-state index contributed by atoms with van der Waals surface area (Å²) in [6.45, 7) is 3.96. The van der Waals surface area contributed by atoms with Gasteiger partial charge in [-0.2, -0.15) is 0 Å². The number of hydrogen-bond donors (Lipinski definition) is 0. The SMILES string of the molecule is CC[Si](C)(OC)O[Si](OC)(OC)OC. The van der Waals surface area contributed by atoms with Gasteiger partial charge in [0.15, 0.2) is 0 Å². The molecule has 0 bridgehead atoms. The minimum absolute atomic E-state index is 0.814. The zero-order valence-electron chi connectivity index (χ0n) is 9.75. The molecule has 0 spiro atoms. The summed E-state index contributed by atoms with van der Waals surface area (Å²) in [5.41, 5.74) is 0. The van der Waals surface area contributed by atoms with Crippen molar-refractivity contribution >= 4 is 17.6 Å². The molecule has 0 radical (unpaired) electrons. The lowest BCUT2D eigenvalue weighted by molar-refractivity contribution is 0.0370. The van der Waals surface area contributed by atoms with Gasteiger partial charge in [0.1, 0.15) is 0 Å². The van der Waals surface area contributed by atoms with Gasteiger partial charge in [-0.3, -0.25) is 0 Å². The molecular weight excluding hydrogens is 220 g/mol. The third kappa shape index (κ3) is 3.42. The van der Waals surface area contributed by atoms with Crippen LogP contribution in [0.3, 0.4) is 0 Å². The molecule has 0 aromatic rings. The van der Waals surface area contributed by atoms with Crippen LogP contribution in [-0.4, -0.2) is 46.0 Å². The molecule has 0 saturated heterocycles. The fourth-order valence-corrected chi connectivity index (χ4v) is 5.71. The molecular formula is C7H20O5Si2. The summed E-state index contributed by atoms with van der Waals surface area (Å²) < 4.78 is 26.6. The highest BCUT2D eigenvalue weighted by molar-refractivity contribution is 6.75. The summed E-state index contributed by atoms with van der Waals surface area (Å²) in [7, 11) is 1.01. The van der Waals surface area contributed by atoms with Crippen LogP contribution in [0.1, 0.15) is 6.92 Å². The first-order chi connectivity index (χ1) is 6.51. The first-order valence-corrected chi connectivity index (χ1v) is 8.57. The monoisotopic (exact) mass is 240 g/mol. The minimum atomic E-state index is -2.96. The lowest BCUT2D eigenvalue weighted by Crippen LogP contribution is -2.55. The Morgan fingerprint density at radius 3 is 1.50 bits per heavy atom. The third-order valence-corrected chi connectivity index (χ3v) is 8.54. The summed E-state index contributed by atoms with van der Waals surface area (Å²) in [6, 6.07) is 0.814. The highest BCUT2D eigenvalue weighted by atomic mass is 28.5. The highest BCUT2D eigenvalue weighted by Crippen LogP contribution is 2.20. The topological polar surface area (TPSA) is 46.2 Å². The Hall–Kier alpha value is 0.234. The van der Waals surface area contributed by atoms with E-state index in [0.29, 0.717) is 0 Å². The molecule has 14 heavy (non-hydrogen) atoms. The number of rotatable bonds is 7. The quantitative estimate of drug-likeness (QED) is 0.624. The molecule has 0 rings (SSSR count). The van der Waals surface area contributed by atoms with Gasteiger partial charge in [0.25, 0.3) is 0 Å². The number of hydrogen-bond acceptors (Lipinski definition) is 5. The lowest BCUT2D eigenvalue weighted by Gasteiger charge is -2.32. The molecule has 1 unspecified atom stereocenters. The van der Waals surface area contributed by atoms with Crippen LogP contribution in [0.4, 0.5) is 0 Å². The summed E-state index contributed by atoms with van der Waals surface area (Å²) in [5, 5.41) is 0. The second-order valence-corrected chi connectivity index (χ2v) is 9.33. The summed E-state index contributed by atoms with van der Waals surface area (Å²) >= 11 is 0. The third-order valence-electron chi connectivity index (χ3n) is 2.16. The van der Waals surface area contributed by atoms with Crippen LogP contribution in [0.25, 0.3) is 0 Å². The molecule has 0 heterocycles. The van der Waals surface area contributed by atoms with Gasteiger partial charge in [-0.1, -0.05) is 6.92 Å². The zero-order valence-corrected chi connectivity index (χ0v) is 11.7. The van der Waals surface area contributed by atoms with Crippen molar-refractivity contribution in [3.8, 4) is 0 Å². The van der Waals surface area contributed by atoms with E-state index in [2.05, 4.69) is 0 Å². The van der Waals surface area contributed by atoms with E-state index in [1.165, 1.54) is 21.3 Å². The molecule has 5 nitrogen and oxygen atoms in total. The normalized spacial score (nSPS) is 16.7. The molecule has 7 heteroatoms. The predicted molar refractivity (Wildman–Crippen MR) is 57.0 cm³/mol. The minimum Gasteiger partial charge on any atom is -0.398 e. The predicted octanol–water partition coefficient (Wildman–Crippen LogP) is 1.12. The first-order valence-electron chi connectivity index (χ1n) is 4.42. The lowest BCUT2D eigenvalue weighted by atomic mass is 11.0. The maximum atomic E-state index is 5.76. The standard InChI is InChI=1S/C7H20O5Si2/c1-7-13(6,8-2)12-14(9-3,10-4)11-5/h7H2,1-6H3. The van der Waals surface area contributed by atoms with Crippen LogP contribution in [0, 0.1) is 0 Å². The Morgan fingerprint density at radius 1 is 0.857 bits per heavy atom. The van der Waals surface area contributed by atoms with Crippen molar-refractivity contribution in [2.75, 3.05) is 28.4 Å². The van der Waals surface area contributed by atoms with Crippen molar-refractivity contribution in [3.05, 3.63) is 0 Å². The van der Waals surface area contributed by atoms with Crippen molar-refractivity contribution in [2.24, 2.45) is 0 Å². The fraction of sp³-hybridized carbons (Fsp3) is 1.00. The van der Waals surface area contributed by atoms with Crippen molar-refractivity contribution in [2.45, 2.75) is 19.5 Å².